The third kappa shape index (κ3) is 6.02. The van der Waals surface area contributed by atoms with Crippen molar-refractivity contribution in [3.05, 3.63) is 88.4 Å². The van der Waals surface area contributed by atoms with E-state index in [1.807, 2.05) is 44.2 Å². The zero-order chi connectivity index (χ0) is 23.3. The third-order valence-corrected chi connectivity index (χ3v) is 6.47. The van der Waals surface area contributed by atoms with Gasteiger partial charge in [0, 0.05) is 12.1 Å². The van der Waals surface area contributed by atoms with E-state index in [4.69, 9.17) is 16.3 Å². The number of aryl methyl sites for hydroxylation is 1. The van der Waals surface area contributed by atoms with E-state index in [2.05, 4.69) is 10.0 Å². The average molecular weight is 473 g/mol. The summed E-state index contributed by atoms with van der Waals surface area (Å²) in [6.07, 6.45) is 0.0798. The minimum Gasteiger partial charge on any atom is -0.491 e. The Bertz CT molecular complexity index is 1210. The van der Waals surface area contributed by atoms with Gasteiger partial charge in [-0.05, 0) is 68.3 Å². The number of ether oxygens (including phenoxy) is 1. The first kappa shape index (κ1) is 23.6. The number of halogens is 1. The van der Waals surface area contributed by atoms with E-state index in [9.17, 15) is 13.2 Å². The van der Waals surface area contributed by atoms with Crippen molar-refractivity contribution in [1.82, 2.24) is 5.32 Å². The maximum absolute atomic E-state index is 12.9. The summed E-state index contributed by atoms with van der Waals surface area (Å²) in [5, 5.41) is 2.83. The van der Waals surface area contributed by atoms with Crippen LogP contribution in [0.4, 0.5) is 5.69 Å². The van der Waals surface area contributed by atoms with Gasteiger partial charge in [0.15, 0.2) is 0 Å². The van der Waals surface area contributed by atoms with Crippen LogP contribution in [0.25, 0.3) is 0 Å². The summed E-state index contributed by atoms with van der Waals surface area (Å²) in [5.74, 6) is 0.347. The normalized spacial score (nSPS) is 11.3. The van der Waals surface area contributed by atoms with Crippen LogP contribution in [0, 0.1) is 6.92 Å². The monoisotopic (exact) mass is 472 g/mol. The molecule has 8 heteroatoms. The predicted octanol–water partition coefficient (Wildman–Crippen LogP) is 5.17. The minimum absolute atomic E-state index is 0.0309. The molecule has 3 rings (SSSR count). The maximum atomic E-state index is 12.9. The SMILES string of the molecule is Cc1ccccc1NS(=O)(=O)c1cc(C(=O)NCc2ccc(OC(C)C)cc2)ccc1Cl. The molecule has 0 aliphatic rings. The highest BCUT2D eigenvalue weighted by atomic mass is 35.5. The molecule has 0 heterocycles. The Balaban J connectivity index is 1.73. The van der Waals surface area contributed by atoms with Crippen molar-refractivity contribution >= 4 is 33.2 Å². The highest BCUT2D eigenvalue weighted by Crippen LogP contribution is 2.26. The fourth-order valence-corrected chi connectivity index (χ4v) is 4.64. The molecule has 168 valence electrons. The predicted molar refractivity (Wildman–Crippen MR) is 127 cm³/mol. The molecular formula is C24H25ClN2O4S. The second-order valence-electron chi connectivity index (χ2n) is 7.56. The lowest BCUT2D eigenvalue weighted by Crippen LogP contribution is -2.23. The molecule has 0 saturated heterocycles. The Labute approximate surface area is 193 Å². The largest absolute Gasteiger partial charge is 0.491 e. The molecule has 0 saturated carbocycles. The minimum atomic E-state index is -3.98. The molecule has 3 aromatic rings. The van der Waals surface area contributed by atoms with Crippen molar-refractivity contribution in [1.29, 1.82) is 0 Å². The van der Waals surface area contributed by atoms with Gasteiger partial charge in [0.25, 0.3) is 15.9 Å². The van der Waals surface area contributed by atoms with E-state index in [0.29, 0.717) is 5.69 Å². The fraction of sp³-hybridized carbons (Fsp3) is 0.208. The zero-order valence-corrected chi connectivity index (χ0v) is 19.6. The van der Waals surface area contributed by atoms with Crippen molar-refractivity contribution < 1.29 is 17.9 Å². The second kappa shape index (κ2) is 10.1. The van der Waals surface area contributed by atoms with Gasteiger partial charge in [-0.25, -0.2) is 8.42 Å². The summed E-state index contributed by atoms with van der Waals surface area (Å²) in [7, 11) is -3.98. The Hall–Kier alpha value is -3.03. The number of hydrogen-bond acceptors (Lipinski definition) is 4. The van der Waals surface area contributed by atoms with E-state index in [-0.39, 0.29) is 28.1 Å². The molecule has 0 aliphatic carbocycles. The van der Waals surface area contributed by atoms with E-state index < -0.39 is 15.9 Å². The van der Waals surface area contributed by atoms with Crippen LogP contribution in [0.2, 0.25) is 5.02 Å². The number of para-hydroxylation sites is 1. The zero-order valence-electron chi connectivity index (χ0n) is 18.1. The third-order valence-electron chi connectivity index (χ3n) is 4.62. The molecule has 0 aromatic heterocycles. The molecule has 0 unspecified atom stereocenters. The number of sulfonamides is 1. The lowest BCUT2D eigenvalue weighted by atomic mass is 10.2. The summed E-state index contributed by atoms with van der Waals surface area (Å²) in [4.78, 5) is 12.5. The number of carbonyl (C=O) groups is 1. The number of anilines is 1. The van der Waals surface area contributed by atoms with Crippen LogP contribution in [0.3, 0.4) is 0 Å². The maximum Gasteiger partial charge on any atom is 0.263 e. The van der Waals surface area contributed by atoms with Crippen LogP contribution in [0.1, 0.15) is 35.3 Å². The molecule has 0 bridgehead atoms. The Morgan fingerprint density at radius 2 is 1.72 bits per heavy atom. The molecule has 2 N–H and O–H groups in total. The second-order valence-corrected chi connectivity index (χ2v) is 9.62. The van der Waals surface area contributed by atoms with Crippen molar-refractivity contribution in [2.45, 2.75) is 38.3 Å². The first-order valence-electron chi connectivity index (χ1n) is 10.1. The van der Waals surface area contributed by atoms with Crippen LogP contribution >= 0.6 is 11.6 Å². The van der Waals surface area contributed by atoms with Gasteiger partial charge >= 0.3 is 0 Å². The van der Waals surface area contributed by atoms with Gasteiger partial charge < -0.3 is 10.1 Å². The number of carbonyl (C=O) groups excluding carboxylic acids is 1. The van der Waals surface area contributed by atoms with Crippen molar-refractivity contribution in [2.24, 2.45) is 0 Å². The van der Waals surface area contributed by atoms with E-state index >= 15 is 0 Å². The van der Waals surface area contributed by atoms with E-state index in [0.717, 1.165) is 16.9 Å². The van der Waals surface area contributed by atoms with Crippen LogP contribution in [-0.2, 0) is 16.6 Å². The van der Waals surface area contributed by atoms with Crippen LogP contribution in [-0.4, -0.2) is 20.4 Å². The van der Waals surface area contributed by atoms with Crippen LogP contribution in [0.5, 0.6) is 5.75 Å². The first-order chi connectivity index (χ1) is 15.2. The average Bonchev–Trinajstić information content (AvgIpc) is 2.74. The standard InChI is InChI=1S/C24H25ClN2O4S/c1-16(2)31-20-11-8-18(9-12-20)15-26-24(28)19-10-13-21(25)23(14-19)32(29,30)27-22-7-5-4-6-17(22)3/h4-14,16,27H,15H2,1-3H3,(H,26,28). The van der Waals surface area contributed by atoms with Gasteiger partial charge in [-0.2, -0.15) is 0 Å². The summed E-state index contributed by atoms with van der Waals surface area (Å²) in [5.41, 5.74) is 2.30. The fourth-order valence-electron chi connectivity index (χ4n) is 2.98. The topological polar surface area (TPSA) is 84.5 Å². The molecule has 32 heavy (non-hydrogen) atoms. The highest BCUT2D eigenvalue weighted by Gasteiger charge is 2.21. The quantitative estimate of drug-likeness (QED) is 0.474. The number of benzene rings is 3. The van der Waals surface area contributed by atoms with Crippen LogP contribution < -0.4 is 14.8 Å². The molecule has 6 nitrogen and oxygen atoms in total. The van der Waals surface area contributed by atoms with Gasteiger partial charge in [0.1, 0.15) is 10.6 Å². The number of nitrogens with one attached hydrogen (secondary N) is 2. The molecule has 0 spiro atoms. The molecule has 0 radical (unpaired) electrons. The molecule has 0 atom stereocenters. The Kier molecular flexibility index (Phi) is 7.43. The molecule has 1 amide bonds. The van der Waals surface area contributed by atoms with Gasteiger partial charge in [0.2, 0.25) is 0 Å². The summed E-state index contributed by atoms with van der Waals surface area (Å²) in [6, 6.07) is 18.6. The van der Waals surface area contributed by atoms with E-state index in [1.54, 1.807) is 25.1 Å². The first-order valence-corrected chi connectivity index (χ1v) is 11.9. The van der Waals surface area contributed by atoms with Gasteiger partial charge in [-0.1, -0.05) is 41.9 Å². The van der Waals surface area contributed by atoms with Gasteiger partial charge in [-0.15, -0.1) is 0 Å². The van der Waals surface area contributed by atoms with Gasteiger partial charge in [-0.3, -0.25) is 9.52 Å². The van der Waals surface area contributed by atoms with E-state index in [1.165, 1.54) is 18.2 Å². The van der Waals surface area contributed by atoms with Crippen molar-refractivity contribution in [3.63, 3.8) is 0 Å². The summed E-state index contributed by atoms with van der Waals surface area (Å²) >= 11 is 6.15. The molecular weight excluding hydrogens is 448 g/mol. The molecule has 3 aromatic carbocycles. The summed E-state index contributed by atoms with van der Waals surface area (Å²) < 4.78 is 33.9. The highest BCUT2D eigenvalue weighted by molar-refractivity contribution is 7.92. The van der Waals surface area contributed by atoms with Crippen molar-refractivity contribution in [2.75, 3.05) is 4.72 Å². The Morgan fingerprint density at radius 1 is 1.03 bits per heavy atom. The number of hydrogen-bond donors (Lipinski definition) is 2. The smallest absolute Gasteiger partial charge is 0.263 e. The molecule has 0 aliphatic heterocycles. The van der Waals surface area contributed by atoms with Gasteiger partial charge in [0.05, 0.1) is 16.8 Å². The Morgan fingerprint density at radius 3 is 2.38 bits per heavy atom. The number of rotatable bonds is 8. The molecule has 0 fully saturated rings. The summed E-state index contributed by atoms with van der Waals surface area (Å²) in [6.45, 7) is 5.98. The lowest BCUT2D eigenvalue weighted by Gasteiger charge is -2.13. The lowest BCUT2D eigenvalue weighted by molar-refractivity contribution is 0.0950. The van der Waals surface area contributed by atoms with Crippen molar-refractivity contribution in [3.8, 4) is 5.75 Å². The van der Waals surface area contributed by atoms with Crippen LogP contribution in [0.15, 0.2) is 71.6 Å². The number of amides is 1.